The summed E-state index contributed by atoms with van der Waals surface area (Å²) in [4.78, 5) is 18.7. The van der Waals surface area contributed by atoms with Crippen LogP contribution >= 0.6 is 0 Å². The van der Waals surface area contributed by atoms with Gasteiger partial charge in [0.05, 0.1) is 7.11 Å². The number of rotatable bonds is 4. The third-order valence-electron chi connectivity index (χ3n) is 4.84. The van der Waals surface area contributed by atoms with Crippen LogP contribution in [-0.2, 0) is 4.79 Å². The molecule has 0 aliphatic carbocycles. The topological polar surface area (TPSA) is 54.5 Å². The number of aromatic nitrogens is 1. The van der Waals surface area contributed by atoms with Crippen molar-refractivity contribution in [3.8, 4) is 5.75 Å². The van der Waals surface area contributed by atoms with Crippen LogP contribution < -0.4 is 15.0 Å². The maximum Gasteiger partial charge on any atom is 0.220 e. The number of pyridine rings is 1. The number of ether oxygens (including phenoxy) is 1. The van der Waals surface area contributed by atoms with Gasteiger partial charge in [0.1, 0.15) is 11.3 Å². The molecule has 0 atom stereocenters. The lowest BCUT2D eigenvalue weighted by atomic mass is 9.92. The summed E-state index contributed by atoms with van der Waals surface area (Å²) in [6.07, 6.45) is 2.72. The summed E-state index contributed by atoms with van der Waals surface area (Å²) in [6, 6.07) is 8.23. The molecule has 1 aromatic carbocycles. The van der Waals surface area contributed by atoms with Gasteiger partial charge >= 0.3 is 0 Å². The Bertz CT molecular complexity index is 737. The number of carbonyl (C=O) groups is 1. The molecule has 1 amide bonds. The molecule has 1 aromatic heterocycles. The van der Waals surface area contributed by atoms with Crippen LogP contribution in [-0.4, -0.2) is 38.1 Å². The fourth-order valence-corrected chi connectivity index (χ4v) is 3.50. The molecule has 2 heterocycles. The van der Waals surface area contributed by atoms with E-state index in [0.717, 1.165) is 48.3 Å². The molecule has 128 valence electrons. The second-order valence-corrected chi connectivity index (χ2v) is 6.45. The van der Waals surface area contributed by atoms with Gasteiger partial charge < -0.3 is 15.0 Å². The third-order valence-corrected chi connectivity index (χ3v) is 4.84. The molecule has 1 aliphatic rings. The van der Waals surface area contributed by atoms with E-state index in [0.29, 0.717) is 12.3 Å². The average molecular weight is 327 g/mol. The number of amides is 1. The molecule has 5 heteroatoms. The first kappa shape index (κ1) is 16.6. The molecule has 3 rings (SSSR count). The molecule has 0 bridgehead atoms. The lowest BCUT2D eigenvalue weighted by Gasteiger charge is -2.34. The second-order valence-electron chi connectivity index (χ2n) is 6.45. The molecule has 1 N–H and O–H groups in total. The first-order chi connectivity index (χ1) is 11.6. The fourth-order valence-electron chi connectivity index (χ4n) is 3.50. The zero-order valence-corrected chi connectivity index (χ0v) is 14.6. The number of carbonyl (C=O) groups excluding carboxylic acids is 1. The van der Waals surface area contributed by atoms with E-state index in [9.17, 15) is 4.79 Å². The maximum absolute atomic E-state index is 11.6. The standard InChI is InChI=1S/C19H25N3O2/c1-13-11-16(15-5-4-6-17(24-3)19(15)21-13)22-9-7-14(8-10-22)12-18(23)20-2/h4-6,11,14H,7-10,12H2,1-3H3,(H,20,23). The van der Waals surface area contributed by atoms with Gasteiger partial charge in [-0.1, -0.05) is 12.1 Å². The summed E-state index contributed by atoms with van der Waals surface area (Å²) in [7, 11) is 3.39. The van der Waals surface area contributed by atoms with Crippen LogP contribution in [0.5, 0.6) is 5.75 Å². The lowest BCUT2D eigenvalue weighted by Crippen LogP contribution is -2.35. The number of nitrogens with one attached hydrogen (secondary N) is 1. The van der Waals surface area contributed by atoms with Crippen LogP contribution in [0.1, 0.15) is 25.0 Å². The quantitative estimate of drug-likeness (QED) is 0.938. The van der Waals surface area contributed by atoms with Gasteiger partial charge in [-0.25, -0.2) is 4.98 Å². The largest absolute Gasteiger partial charge is 0.494 e. The Labute approximate surface area is 143 Å². The van der Waals surface area contributed by atoms with Gasteiger partial charge in [0.25, 0.3) is 0 Å². The zero-order chi connectivity index (χ0) is 17.1. The van der Waals surface area contributed by atoms with E-state index in [2.05, 4.69) is 27.3 Å². The van der Waals surface area contributed by atoms with E-state index < -0.39 is 0 Å². The summed E-state index contributed by atoms with van der Waals surface area (Å²) in [5.74, 6) is 1.43. The summed E-state index contributed by atoms with van der Waals surface area (Å²) in [5.41, 5.74) is 3.13. The first-order valence-corrected chi connectivity index (χ1v) is 8.52. The number of para-hydroxylation sites is 1. The molecule has 0 saturated carbocycles. The number of anilines is 1. The van der Waals surface area contributed by atoms with Crippen LogP contribution in [0.3, 0.4) is 0 Å². The van der Waals surface area contributed by atoms with Crippen LogP contribution in [0, 0.1) is 12.8 Å². The van der Waals surface area contributed by atoms with Gasteiger partial charge in [0.2, 0.25) is 5.91 Å². The number of hydrogen-bond donors (Lipinski definition) is 1. The molecular formula is C19H25N3O2. The Balaban J connectivity index is 1.84. The van der Waals surface area contributed by atoms with Gasteiger partial charge in [-0.05, 0) is 37.8 Å². The third kappa shape index (κ3) is 3.30. The Hall–Kier alpha value is -2.30. The minimum absolute atomic E-state index is 0.142. The van der Waals surface area contributed by atoms with Gasteiger partial charge in [-0.15, -0.1) is 0 Å². The van der Waals surface area contributed by atoms with Crippen LogP contribution in [0.25, 0.3) is 10.9 Å². The normalized spacial score (nSPS) is 15.5. The van der Waals surface area contributed by atoms with E-state index in [1.54, 1.807) is 14.2 Å². The molecule has 0 spiro atoms. The van der Waals surface area contributed by atoms with E-state index in [1.165, 1.54) is 5.69 Å². The van der Waals surface area contributed by atoms with Crippen molar-refractivity contribution in [1.29, 1.82) is 0 Å². The highest BCUT2D eigenvalue weighted by atomic mass is 16.5. The Kier molecular flexibility index (Phi) is 4.88. The Morgan fingerprint density at radius 2 is 2.12 bits per heavy atom. The number of methoxy groups -OCH3 is 1. The average Bonchev–Trinajstić information content (AvgIpc) is 2.61. The summed E-state index contributed by atoms with van der Waals surface area (Å²) >= 11 is 0. The summed E-state index contributed by atoms with van der Waals surface area (Å²) in [6.45, 7) is 3.96. The minimum atomic E-state index is 0.142. The molecule has 1 saturated heterocycles. The van der Waals surface area contributed by atoms with Crippen LogP contribution in [0.4, 0.5) is 5.69 Å². The van der Waals surface area contributed by atoms with Crippen molar-refractivity contribution < 1.29 is 9.53 Å². The van der Waals surface area contributed by atoms with Crippen molar-refractivity contribution in [2.24, 2.45) is 5.92 Å². The Morgan fingerprint density at radius 1 is 1.38 bits per heavy atom. The highest BCUT2D eigenvalue weighted by Gasteiger charge is 2.23. The lowest BCUT2D eigenvalue weighted by molar-refractivity contribution is -0.121. The van der Waals surface area contributed by atoms with Gasteiger partial charge in [0.15, 0.2) is 0 Å². The number of aryl methyl sites for hydroxylation is 1. The van der Waals surface area contributed by atoms with Crippen molar-refractivity contribution >= 4 is 22.5 Å². The van der Waals surface area contributed by atoms with Crippen molar-refractivity contribution in [2.45, 2.75) is 26.2 Å². The van der Waals surface area contributed by atoms with Crippen molar-refractivity contribution in [3.05, 3.63) is 30.0 Å². The van der Waals surface area contributed by atoms with Crippen LogP contribution in [0.15, 0.2) is 24.3 Å². The molecule has 0 radical (unpaired) electrons. The number of hydrogen-bond acceptors (Lipinski definition) is 4. The van der Waals surface area contributed by atoms with E-state index in [1.807, 2.05) is 19.1 Å². The number of piperidine rings is 1. The van der Waals surface area contributed by atoms with Crippen molar-refractivity contribution in [2.75, 3.05) is 32.1 Å². The maximum atomic E-state index is 11.6. The monoisotopic (exact) mass is 327 g/mol. The summed E-state index contributed by atoms with van der Waals surface area (Å²) < 4.78 is 5.47. The van der Waals surface area contributed by atoms with Gasteiger partial charge in [0, 0.05) is 43.3 Å². The van der Waals surface area contributed by atoms with E-state index in [-0.39, 0.29) is 5.91 Å². The number of benzene rings is 1. The van der Waals surface area contributed by atoms with Crippen LogP contribution in [0.2, 0.25) is 0 Å². The molecule has 2 aromatic rings. The smallest absolute Gasteiger partial charge is 0.220 e. The predicted octanol–water partition coefficient (Wildman–Crippen LogP) is 2.90. The van der Waals surface area contributed by atoms with E-state index in [4.69, 9.17) is 4.74 Å². The fraction of sp³-hybridized carbons (Fsp3) is 0.474. The molecule has 1 fully saturated rings. The van der Waals surface area contributed by atoms with E-state index >= 15 is 0 Å². The first-order valence-electron chi connectivity index (χ1n) is 8.52. The minimum Gasteiger partial charge on any atom is -0.494 e. The van der Waals surface area contributed by atoms with Gasteiger partial charge in [-0.2, -0.15) is 0 Å². The SMILES string of the molecule is CNC(=O)CC1CCN(c2cc(C)nc3c(OC)cccc23)CC1. The molecule has 5 nitrogen and oxygen atoms in total. The van der Waals surface area contributed by atoms with Crippen molar-refractivity contribution in [1.82, 2.24) is 10.3 Å². The zero-order valence-electron chi connectivity index (χ0n) is 14.6. The molecule has 0 unspecified atom stereocenters. The molecule has 1 aliphatic heterocycles. The molecule has 24 heavy (non-hydrogen) atoms. The second kappa shape index (κ2) is 7.07. The summed E-state index contributed by atoms with van der Waals surface area (Å²) in [5, 5.41) is 3.85. The highest BCUT2D eigenvalue weighted by Crippen LogP contribution is 2.34. The van der Waals surface area contributed by atoms with Crippen molar-refractivity contribution in [3.63, 3.8) is 0 Å². The molecular weight excluding hydrogens is 302 g/mol. The number of nitrogens with zero attached hydrogens (tertiary/aromatic N) is 2. The highest BCUT2D eigenvalue weighted by molar-refractivity contribution is 5.95. The number of fused-ring (bicyclic) bond motifs is 1. The predicted molar refractivity (Wildman–Crippen MR) is 96.7 cm³/mol. The Morgan fingerprint density at radius 3 is 2.79 bits per heavy atom. The van der Waals surface area contributed by atoms with Gasteiger partial charge in [-0.3, -0.25) is 4.79 Å².